The Labute approximate surface area is 140 Å². The average molecular weight is 325 g/mol. The van der Waals surface area contributed by atoms with E-state index in [9.17, 15) is 9.59 Å². The molecule has 2 heterocycles. The van der Waals surface area contributed by atoms with Crippen molar-refractivity contribution in [1.82, 2.24) is 4.98 Å². The second-order valence-corrected chi connectivity index (χ2v) is 5.52. The molecule has 2 amide bonds. The summed E-state index contributed by atoms with van der Waals surface area (Å²) in [6.45, 7) is 2.39. The Morgan fingerprint density at radius 2 is 2.17 bits per heavy atom. The Morgan fingerprint density at radius 3 is 3.00 bits per heavy atom. The fourth-order valence-corrected chi connectivity index (χ4v) is 2.62. The summed E-state index contributed by atoms with van der Waals surface area (Å²) in [6.07, 6.45) is 2.06. The molecule has 2 aromatic rings. The van der Waals surface area contributed by atoms with Crippen LogP contribution in [-0.4, -0.2) is 23.4 Å². The third kappa shape index (κ3) is 3.71. The molecule has 0 unspecified atom stereocenters. The maximum absolute atomic E-state index is 12.4. The number of carbonyl (C=O) groups is 2. The number of aryl methyl sites for hydroxylation is 1. The minimum absolute atomic E-state index is 0.0166. The lowest BCUT2D eigenvalue weighted by molar-refractivity contribution is -0.116. The summed E-state index contributed by atoms with van der Waals surface area (Å²) in [7, 11) is 0. The molecule has 0 atom stereocenters. The molecule has 0 bridgehead atoms. The summed E-state index contributed by atoms with van der Waals surface area (Å²) in [5, 5.41) is 5.63. The highest BCUT2D eigenvalue weighted by Crippen LogP contribution is 2.23. The van der Waals surface area contributed by atoms with E-state index in [4.69, 9.17) is 4.74 Å². The number of aromatic nitrogens is 1. The van der Waals surface area contributed by atoms with Crippen LogP contribution in [0.1, 0.15) is 35.7 Å². The molecule has 0 aliphatic carbocycles. The lowest BCUT2D eigenvalue weighted by Crippen LogP contribution is -2.14. The van der Waals surface area contributed by atoms with Gasteiger partial charge in [0.2, 0.25) is 11.8 Å². The Balaban J connectivity index is 1.77. The molecule has 1 aliphatic rings. The maximum Gasteiger partial charge on any atom is 0.256 e. The summed E-state index contributed by atoms with van der Waals surface area (Å²) in [5.41, 5.74) is 2.29. The van der Waals surface area contributed by atoms with Gasteiger partial charge in [0.15, 0.2) is 0 Å². The SMILES string of the molecule is CCOc1cccc(NC(=O)c2ccc3c(c2)CCCC(=O)N3)n1. The monoisotopic (exact) mass is 325 g/mol. The van der Waals surface area contributed by atoms with Gasteiger partial charge in [-0.25, -0.2) is 0 Å². The predicted octanol–water partition coefficient (Wildman–Crippen LogP) is 3.01. The molecule has 1 aliphatic heterocycles. The molecule has 0 saturated heterocycles. The highest BCUT2D eigenvalue weighted by molar-refractivity contribution is 6.04. The molecule has 1 aromatic heterocycles. The Hall–Kier alpha value is -2.89. The molecule has 6 heteroatoms. The molecular formula is C18H19N3O3. The molecule has 2 N–H and O–H groups in total. The van der Waals surface area contributed by atoms with E-state index in [-0.39, 0.29) is 11.8 Å². The van der Waals surface area contributed by atoms with E-state index in [2.05, 4.69) is 15.6 Å². The van der Waals surface area contributed by atoms with Gasteiger partial charge in [0.05, 0.1) is 6.61 Å². The van der Waals surface area contributed by atoms with E-state index < -0.39 is 0 Å². The molecule has 0 fully saturated rings. The van der Waals surface area contributed by atoms with Gasteiger partial charge in [-0.2, -0.15) is 4.98 Å². The van der Waals surface area contributed by atoms with Crippen LogP contribution in [0.2, 0.25) is 0 Å². The predicted molar refractivity (Wildman–Crippen MR) is 91.4 cm³/mol. The van der Waals surface area contributed by atoms with E-state index in [1.807, 2.05) is 13.0 Å². The number of hydrogen-bond donors (Lipinski definition) is 2. The number of nitrogens with zero attached hydrogens (tertiary/aromatic N) is 1. The number of anilines is 2. The van der Waals surface area contributed by atoms with Crippen LogP contribution >= 0.6 is 0 Å². The van der Waals surface area contributed by atoms with Gasteiger partial charge in [0, 0.05) is 23.7 Å². The highest BCUT2D eigenvalue weighted by atomic mass is 16.5. The number of ether oxygens (including phenoxy) is 1. The van der Waals surface area contributed by atoms with Crippen molar-refractivity contribution in [3.63, 3.8) is 0 Å². The second kappa shape index (κ2) is 7.12. The number of fused-ring (bicyclic) bond motifs is 1. The quantitative estimate of drug-likeness (QED) is 0.905. The highest BCUT2D eigenvalue weighted by Gasteiger charge is 2.15. The molecule has 3 rings (SSSR count). The summed E-state index contributed by atoms with van der Waals surface area (Å²) in [6, 6.07) is 10.5. The van der Waals surface area contributed by atoms with Crippen LogP contribution in [0.5, 0.6) is 5.88 Å². The third-order valence-electron chi connectivity index (χ3n) is 3.75. The maximum atomic E-state index is 12.4. The van der Waals surface area contributed by atoms with E-state index in [0.717, 1.165) is 24.1 Å². The molecule has 0 radical (unpaired) electrons. The largest absolute Gasteiger partial charge is 0.478 e. The van der Waals surface area contributed by atoms with Gasteiger partial charge in [-0.05, 0) is 49.6 Å². The van der Waals surface area contributed by atoms with Gasteiger partial charge in [-0.15, -0.1) is 0 Å². The van der Waals surface area contributed by atoms with E-state index >= 15 is 0 Å². The lowest BCUT2D eigenvalue weighted by atomic mass is 10.0. The Bertz CT molecular complexity index is 774. The van der Waals surface area contributed by atoms with Gasteiger partial charge >= 0.3 is 0 Å². The van der Waals surface area contributed by atoms with Crippen molar-refractivity contribution in [2.75, 3.05) is 17.2 Å². The zero-order valence-electron chi connectivity index (χ0n) is 13.5. The molecule has 0 spiro atoms. The van der Waals surface area contributed by atoms with Crippen LogP contribution in [-0.2, 0) is 11.2 Å². The topological polar surface area (TPSA) is 80.3 Å². The first-order chi connectivity index (χ1) is 11.7. The number of rotatable bonds is 4. The van der Waals surface area contributed by atoms with Crippen molar-refractivity contribution in [1.29, 1.82) is 0 Å². The normalized spacial score (nSPS) is 13.5. The number of hydrogen-bond acceptors (Lipinski definition) is 4. The number of amides is 2. The van der Waals surface area contributed by atoms with Gasteiger partial charge in [0.1, 0.15) is 5.82 Å². The van der Waals surface area contributed by atoms with E-state index in [1.165, 1.54) is 0 Å². The summed E-state index contributed by atoms with van der Waals surface area (Å²) in [5.74, 6) is 0.687. The van der Waals surface area contributed by atoms with E-state index in [1.54, 1.807) is 30.3 Å². The zero-order valence-corrected chi connectivity index (χ0v) is 13.5. The van der Waals surface area contributed by atoms with Crippen LogP contribution in [0.4, 0.5) is 11.5 Å². The van der Waals surface area contributed by atoms with Gasteiger partial charge in [-0.3, -0.25) is 9.59 Å². The third-order valence-corrected chi connectivity index (χ3v) is 3.75. The summed E-state index contributed by atoms with van der Waals surface area (Å²) >= 11 is 0. The number of carbonyl (C=O) groups excluding carboxylic acids is 2. The summed E-state index contributed by atoms with van der Waals surface area (Å²) < 4.78 is 5.33. The molecule has 24 heavy (non-hydrogen) atoms. The van der Waals surface area contributed by atoms with Crippen molar-refractivity contribution in [2.24, 2.45) is 0 Å². The lowest BCUT2D eigenvalue weighted by Gasteiger charge is -2.10. The fourth-order valence-electron chi connectivity index (χ4n) is 2.62. The molecule has 0 saturated carbocycles. The minimum atomic E-state index is -0.241. The molecule has 6 nitrogen and oxygen atoms in total. The van der Waals surface area contributed by atoms with Crippen LogP contribution < -0.4 is 15.4 Å². The molecule has 1 aromatic carbocycles. The standard InChI is InChI=1S/C18H19N3O3/c1-2-24-17-8-4-6-15(20-17)21-18(23)13-9-10-14-12(11-13)5-3-7-16(22)19-14/h4,6,8-11H,2-3,5,7H2,1H3,(H,19,22)(H,20,21,23). The van der Waals surface area contributed by atoms with E-state index in [0.29, 0.717) is 30.3 Å². The van der Waals surface area contributed by atoms with Crippen LogP contribution in [0.15, 0.2) is 36.4 Å². The van der Waals surface area contributed by atoms with Gasteiger partial charge < -0.3 is 15.4 Å². The number of nitrogens with one attached hydrogen (secondary N) is 2. The van der Waals surface area contributed by atoms with Gasteiger partial charge in [-0.1, -0.05) is 6.07 Å². The van der Waals surface area contributed by atoms with Gasteiger partial charge in [0.25, 0.3) is 5.91 Å². The first-order valence-corrected chi connectivity index (χ1v) is 7.99. The molecule has 124 valence electrons. The number of pyridine rings is 1. The van der Waals surface area contributed by atoms with Crippen molar-refractivity contribution in [2.45, 2.75) is 26.2 Å². The van der Waals surface area contributed by atoms with Crippen molar-refractivity contribution < 1.29 is 14.3 Å². The smallest absolute Gasteiger partial charge is 0.256 e. The number of benzene rings is 1. The van der Waals surface area contributed by atoms with Crippen LogP contribution in [0.25, 0.3) is 0 Å². The Kier molecular flexibility index (Phi) is 4.74. The first kappa shape index (κ1) is 16.0. The fraction of sp³-hybridized carbons (Fsp3) is 0.278. The van der Waals surface area contributed by atoms with Crippen LogP contribution in [0.3, 0.4) is 0 Å². The zero-order chi connectivity index (χ0) is 16.9. The minimum Gasteiger partial charge on any atom is -0.478 e. The summed E-state index contributed by atoms with van der Waals surface area (Å²) in [4.78, 5) is 28.2. The van der Waals surface area contributed by atoms with Crippen molar-refractivity contribution in [3.8, 4) is 5.88 Å². The van der Waals surface area contributed by atoms with Crippen LogP contribution in [0, 0.1) is 0 Å². The first-order valence-electron chi connectivity index (χ1n) is 7.99. The molecular weight excluding hydrogens is 306 g/mol. The van der Waals surface area contributed by atoms with Crippen molar-refractivity contribution >= 4 is 23.3 Å². The average Bonchev–Trinajstić information content (AvgIpc) is 2.75. The second-order valence-electron chi connectivity index (χ2n) is 5.52. The van der Waals surface area contributed by atoms with Crippen molar-refractivity contribution in [3.05, 3.63) is 47.5 Å². The Morgan fingerprint density at radius 1 is 1.29 bits per heavy atom.